The SMILES string of the molecule is Cc1nc(N)sc1C(=O)NCCC(F)(F)F. The molecule has 16 heavy (non-hydrogen) atoms. The van der Waals surface area contributed by atoms with E-state index < -0.39 is 25.0 Å². The van der Waals surface area contributed by atoms with Crippen LogP contribution >= 0.6 is 11.3 Å². The van der Waals surface area contributed by atoms with Crippen LogP contribution in [-0.4, -0.2) is 23.6 Å². The molecule has 0 saturated heterocycles. The van der Waals surface area contributed by atoms with Crippen molar-refractivity contribution < 1.29 is 18.0 Å². The number of nitrogens with one attached hydrogen (secondary N) is 1. The van der Waals surface area contributed by atoms with Gasteiger partial charge in [-0.25, -0.2) is 4.98 Å². The molecule has 0 bridgehead atoms. The molecule has 0 radical (unpaired) electrons. The number of nitrogens with two attached hydrogens (primary N) is 1. The fraction of sp³-hybridized carbons (Fsp3) is 0.500. The molecule has 1 aromatic heterocycles. The largest absolute Gasteiger partial charge is 0.390 e. The maximum absolute atomic E-state index is 11.8. The van der Waals surface area contributed by atoms with E-state index >= 15 is 0 Å². The van der Waals surface area contributed by atoms with E-state index in [0.29, 0.717) is 5.69 Å². The minimum absolute atomic E-state index is 0.221. The van der Waals surface area contributed by atoms with Crippen LogP contribution < -0.4 is 11.1 Å². The van der Waals surface area contributed by atoms with Gasteiger partial charge < -0.3 is 11.1 Å². The van der Waals surface area contributed by atoms with Crippen molar-refractivity contribution in [2.45, 2.75) is 19.5 Å². The number of anilines is 1. The number of alkyl halides is 3. The van der Waals surface area contributed by atoms with Crippen molar-refractivity contribution in [2.24, 2.45) is 0 Å². The van der Waals surface area contributed by atoms with Gasteiger partial charge in [-0.15, -0.1) is 0 Å². The van der Waals surface area contributed by atoms with Crippen LogP contribution in [-0.2, 0) is 0 Å². The van der Waals surface area contributed by atoms with E-state index in [2.05, 4.69) is 10.3 Å². The summed E-state index contributed by atoms with van der Waals surface area (Å²) in [6.45, 7) is 1.13. The van der Waals surface area contributed by atoms with Gasteiger partial charge in [-0.05, 0) is 6.92 Å². The van der Waals surface area contributed by atoms with Crippen LogP contribution in [0.3, 0.4) is 0 Å². The van der Waals surface area contributed by atoms with Crippen molar-refractivity contribution in [3.8, 4) is 0 Å². The highest BCUT2D eigenvalue weighted by Crippen LogP contribution is 2.20. The van der Waals surface area contributed by atoms with E-state index in [1.807, 2.05) is 0 Å². The van der Waals surface area contributed by atoms with E-state index in [-0.39, 0.29) is 10.0 Å². The van der Waals surface area contributed by atoms with E-state index in [0.717, 1.165) is 11.3 Å². The van der Waals surface area contributed by atoms with Crippen molar-refractivity contribution in [3.05, 3.63) is 10.6 Å². The molecule has 0 fully saturated rings. The number of hydrogen-bond donors (Lipinski definition) is 2. The summed E-state index contributed by atoms with van der Waals surface area (Å²) in [6.07, 6.45) is -5.32. The van der Waals surface area contributed by atoms with Gasteiger partial charge in [-0.1, -0.05) is 11.3 Å². The first kappa shape index (κ1) is 12.8. The summed E-state index contributed by atoms with van der Waals surface area (Å²) in [5.74, 6) is -0.573. The molecule has 0 aliphatic carbocycles. The second-order valence-corrected chi connectivity index (χ2v) is 4.12. The van der Waals surface area contributed by atoms with Crippen LogP contribution in [0.15, 0.2) is 0 Å². The molecule has 0 unspecified atom stereocenters. The highest BCUT2D eigenvalue weighted by molar-refractivity contribution is 7.17. The van der Waals surface area contributed by atoms with Crippen molar-refractivity contribution >= 4 is 22.4 Å². The lowest BCUT2D eigenvalue weighted by Gasteiger charge is -2.06. The Morgan fingerprint density at radius 1 is 1.56 bits per heavy atom. The number of hydrogen-bond acceptors (Lipinski definition) is 4. The third-order valence-corrected chi connectivity index (χ3v) is 2.70. The highest BCUT2D eigenvalue weighted by Gasteiger charge is 2.26. The van der Waals surface area contributed by atoms with Crippen LogP contribution in [0.2, 0.25) is 0 Å². The standard InChI is InChI=1S/C8H10F3N3OS/c1-4-5(16-7(12)14-4)6(15)13-3-2-8(9,10)11/h2-3H2,1H3,(H2,12,14)(H,13,15). The molecule has 0 aromatic carbocycles. The third-order valence-electron chi connectivity index (χ3n) is 1.71. The molecular formula is C8H10F3N3OS. The van der Waals surface area contributed by atoms with Gasteiger partial charge in [0.05, 0.1) is 12.1 Å². The molecule has 0 aliphatic rings. The van der Waals surface area contributed by atoms with Gasteiger partial charge in [-0.3, -0.25) is 4.79 Å². The first-order valence-electron chi connectivity index (χ1n) is 4.37. The number of thiazole rings is 1. The average Bonchev–Trinajstić information content (AvgIpc) is 2.43. The lowest BCUT2D eigenvalue weighted by atomic mass is 10.3. The predicted molar refractivity (Wildman–Crippen MR) is 54.3 cm³/mol. The molecule has 0 aliphatic heterocycles. The Kier molecular flexibility index (Phi) is 3.74. The number of amides is 1. The Labute approximate surface area is 93.7 Å². The van der Waals surface area contributed by atoms with Crippen molar-refractivity contribution in [3.63, 3.8) is 0 Å². The van der Waals surface area contributed by atoms with Gasteiger partial charge in [0.25, 0.3) is 5.91 Å². The Bertz CT molecular complexity index is 388. The fourth-order valence-corrected chi connectivity index (χ4v) is 1.78. The molecule has 1 rings (SSSR count). The highest BCUT2D eigenvalue weighted by atomic mass is 32.1. The molecule has 90 valence electrons. The summed E-state index contributed by atoms with van der Waals surface area (Å²) in [4.78, 5) is 15.5. The molecule has 0 saturated carbocycles. The second-order valence-electron chi connectivity index (χ2n) is 3.09. The number of carbonyl (C=O) groups is 1. The van der Waals surface area contributed by atoms with Crippen LogP contribution in [0.4, 0.5) is 18.3 Å². The van der Waals surface area contributed by atoms with E-state index in [1.54, 1.807) is 6.92 Å². The second kappa shape index (κ2) is 4.69. The first-order chi connectivity index (χ1) is 7.29. The Morgan fingerprint density at radius 3 is 2.62 bits per heavy atom. The molecular weight excluding hydrogens is 243 g/mol. The quantitative estimate of drug-likeness (QED) is 0.861. The molecule has 0 atom stereocenters. The van der Waals surface area contributed by atoms with Crippen LogP contribution in [0.1, 0.15) is 21.8 Å². The van der Waals surface area contributed by atoms with Gasteiger partial charge in [0.2, 0.25) is 0 Å². The zero-order chi connectivity index (χ0) is 12.3. The fourth-order valence-electron chi connectivity index (χ4n) is 1.03. The van der Waals surface area contributed by atoms with Crippen molar-refractivity contribution in [1.82, 2.24) is 10.3 Å². The number of aryl methyl sites for hydroxylation is 1. The number of rotatable bonds is 3. The van der Waals surface area contributed by atoms with Gasteiger partial charge in [0.1, 0.15) is 4.88 Å². The number of nitrogen functional groups attached to an aromatic ring is 1. The number of aromatic nitrogens is 1. The summed E-state index contributed by atoms with van der Waals surface area (Å²) in [7, 11) is 0. The average molecular weight is 253 g/mol. The molecule has 1 heterocycles. The Hall–Kier alpha value is -1.31. The summed E-state index contributed by atoms with van der Waals surface area (Å²) >= 11 is 0.954. The van der Waals surface area contributed by atoms with Gasteiger partial charge in [0, 0.05) is 6.54 Å². The van der Waals surface area contributed by atoms with Crippen LogP contribution in [0.25, 0.3) is 0 Å². The van der Waals surface area contributed by atoms with E-state index in [1.165, 1.54) is 0 Å². The summed E-state index contributed by atoms with van der Waals surface area (Å²) in [5, 5.41) is 2.39. The number of halogens is 3. The molecule has 3 N–H and O–H groups in total. The maximum Gasteiger partial charge on any atom is 0.390 e. The lowest BCUT2D eigenvalue weighted by Crippen LogP contribution is -2.27. The lowest BCUT2D eigenvalue weighted by molar-refractivity contribution is -0.132. The van der Waals surface area contributed by atoms with Crippen LogP contribution in [0, 0.1) is 6.92 Å². The molecule has 1 aromatic rings. The predicted octanol–water partition coefficient (Wildman–Crippen LogP) is 1.72. The van der Waals surface area contributed by atoms with Crippen molar-refractivity contribution in [1.29, 1.82) is 0 Å². The summed E-state index contributed by atoms with van der Waals surface area (Å²) in [5.41, 5.74) is 5.79. The third kappa shape index (κ3) is 3.69. The van der Waals surface area contributed by atoms with E-state index in [4.69, 9.17) is 5.73 Å². The summed E-state index contributed by atoms with van der Waals surface area (Å²) in [6, 6.07) is 0. The molecule has 0 spiro atoms. The topological polar surface area (TPSA) is 68.0 Å². The zero-order valence-corrected chi connectivity index (χ0v) is 9.21. The minimum Gasteiger partial charge on any atom is -0.375 e. The number of carbonyl (C=O) groups excluding carboxylic acids is 1. The van der Waals surface area contributed by atoms with Crippen molar-refractivity contribution in [2.75, 3.05) is 12.3 Å². The first-order valence-corrected chi connectivity index (χ1v) is 5.19. The van der Waals surface area contributed by atoms with Crippen LogP contribution in [0.5, 0.6) is 0 Å². The molecule has 4 nitrogen and oxygen atoms in total. The van der Waals surface area contributed by atoms with Gasteiger partial charge in [-0.2, -0.15) is 13.2 Å². The van der Waals surface area contributed by atoms with Gasteiger partial charge >= 0.3 is 6.18 Å². The molecule has 8 heteroatoms. The minimum atomic E-state index is -4.27. The molecule has 1 amide bonds. The number of nitrogens with zero attached hydrogens (tertiary/aromatic N) is 1. The van der Waals surface area contributed by atoms with Gasteiger partial charge in [0.15, 0.2) is 5.13 Å². The smallest absolute Gasteiger partial charge is 0.375 e. The zero-order valence-electron chi connectivity index (χ0n) is 8.39. The normalized spacial score (nSPS) is 11.5. The monoisotopic (exact) mass is 253 g/mol. The Balaban J connectivity index is 2.51. The Morgan fingerprint density at radius 2 is 2.19 bits per heavy atom. The summed E-state index contributed by atoms with van der Waals surface area (Å²) < 4.78 is 35.4. The maximum atomic E-state index is 11.8. The van der Waals surface area contributed by atoms with E-state index in [9.17, 15) is 18.0 Å².